The largest absolute Gasteiger partial charge is 0.324 e. The molecule has 8 bridgehead atoms. The second-order valence-electron chi connectivity index (χ2n) is 9.77. The number of hydrogen-bond donors (Lipinski definition) is 2. The van der Waals surface area contributed by atoms with Crippen LogP contribution >= 0.6 is 0 Å². The summed E-state index contributed by atoms with van der Waals surface area (Å²) in [5, 5.41) is 3.79. The number of H-pyrrole nitrogens is 2. The van der Waals surface area contributed by atoms with Crippen molar-refractivity contribution in [2.45, 2.75) is 6.92 Å². The Morgan fingerprint density at radius 2 is 1.00 bits per heavy atom. The van der Waals surface area contributed by atoms with Gasteiger partial charge in [0.05, 0.1) is 0 Å². The fourth-order valence-corrected chi connectivity index (χ4v) is 5.28. The van der Waals surface area contributed by atoms with E-state index in [1.54, 1.807) is 0 Å². The first kappa shape index (κ1) is 23.2. The molecule has 2 aliphatic heterocycles. The van der Waals surface area contributed by atoms with Crippen LogP contribution < -0.4 is 0 Å². The van der Waals surface area contributed by atoms with E-state index in [9.17, 15) is 0 Å². The van der Waals surface area contributed by atoms with Gasteiger partial charge in [-0.25, -0.2) is 29.9 Å². The molecule has 3 aromatic carbocycles. The summed E-state index contributed by atoms with van der Waals surface area (Å²) in [7, 11) is 0. The Morgan fingerprint density at radius 3 is 1.54 bits per heavy atom. The molecule has 2 N–H and O–H groups in total. The second kappa shape index (κ2) is 9.17. The zero-order valence-corrected chi connectivity index (χ0v) is 22.0. The first-order chi connectivity index (χ1) is 20.2. The van der Waals surface area contributed by atoms with Gasteiger partial charge >= 0.3 is 0 Å². The van der Waals surface area contributed by atoms with Crippen LogP contribution in [0, 0.1) is 0 Å². The number of nitrogens with zero attached hydrogens (tertiary/aromatic N) is 6. The summed E-state index contributed by atoms with van der Waals surface area (Å²) in [6.45, 7) is 1.98. The Balaban J connectivity index is 1.55. The molecule has 0 aliphatic carbocycles. The molecule has 5 heterocycles. The van der Waals surface area contributed by atoms with Crippen molar-refractivity contribution in [2.75, 3.05) is 0 Å². The zero-order chi connectivity index (χ0) is 27.3. The molecule has 8 rings (SSSR count). The van der Waals surface area contributed by atoms with Gasteiger partial charge in [-0.1, -0.05) is 97.1 Å². The first-order valence-corrected chi connectivity index (χ1v) is 13.4. The minimum Gasteiger partial charge on any atom is -0.324 e. The number of hydrogen-bond acceptors (Lipinski definition) is 6. The van der Waals surface area contributed by atoms with Crippen LogP contribution in [0.3, 0.4) is 0 Å². The Kier molecular flexibility index (Phi) is 5.18. The molecule has 194 valence electrons. The van der Waals surface area contributed by atoms with Gasteiger partial charge in [-0.3, -0.25) is 0 Å². The van der Waals surface area contributed by atoms with Gasteiger partial charge in [0.15, 0.2) is 23.3 Å². The molecular weight excluding hydrogens is 508 g/mol. The number of benzene rings is 3. The molecule has 0 saturated heterocycles. The standard InChI is InChI=1S/C33H22N8/c1-2-3-4-11-19-18-26-34-27(19)36-29-22-14-7-8-15-23(22)31(38-29)40-33-25-17-10-9-16-24(25)32(41-33)39-30-21-13-6-5-12-20(21)28(35-26)37-30/h2-18H,1H3,(H2,34,35,36,37,38,39,40,41)/b3-2-,11-4-. The average Bonchev–Trinajstić information content (AvgIpc) is 3.74. The van der Waals surface area contributed by atoms with Gasteiger partial charge in [0.1, 0.15) is 22.6 Å². The summed E-state index contributed by atoms with van der Waals surface area (Å²) in [6, 6.07) is 24.1. The van der Waals surface area contributed by atoms with E-state index in [2.05, 4.69) is 9.97 Å². The van der Waals surface area contributed by atoms with E-state index >= 15 is 0 Å². The van der Waals surface area contributed by atoms with Crippen LogP contribution in [0.2, 0.25) is 0 Å². The average molecular weight is 531 g/mol. The van der Waals surface area contributed by atoms with Gasteiger partial charge in [-0.05, 0) is 13.0 Å². The minimum absolute atomic E-state index is 0.550. The van der Waals surface area contributed by atoms with Crippen LogP contribution in [0.5, 0.6) is 0 Å². The number of rotatable bonds is 2. The maximum Gasteiger partial charge on any atom is 0.164 e. The maximum atomic E-state index is 5.01. The molecule has 0 radical (unpaired) electrons. The van der Waals surface area contributed by atoms with Crippen LogP contribution in [-0.4, -0.2) is 39.9 Å². The van der Waals surface area contributed by atoms with Crippen molar-refractivity contribution in [3.05, 3.63) is 109 Å². The number of aromatic nitrogens is 8. The molecule has 6 aromatic rings. The van der Waals surface area contributed by atoms with Crippen molar-refractivity contribution in [2.24, 2.45) is 0 Å². The van der Waals surface area contributed by atoms with Gasteiger partial charge in [-0.2, -0.15) is 0 Å². The molecule has 3 aromatic heterocycles. The molecule has 8 heteroatoms. The normalized spacial score (nSPS) is 13.0. The first-order valence-electron chi connectivity index (χ1n) is 13.4. The SMILES string of the molecule is C/C=C\C=C/C1=Cc2nc1nc1[nH]c(nc3nc(nc4[nH]c(n2)c2ccccc42)-c2ccccc2-3)c2ccccc12. The van der Waals surface area contributed by atoms with Crippen molar-refractivity contribution in [1.82, 2.24) is 39.9 Å². The lowest BCUT2D eigenvalue weighted by Gasteiger charge is -1.96. The molecule has 0 fully saturated rings. The van der Waals surface area contributed by atoms with Crippen LogP contribution in [0.15, 0.2) is 97.1 Å². The molecule has 8 nitrogen and oxygen atoms in total. The van der Waals surface area contributed by atoms with Gasteiger partial charge < -0.3 is 9.97 Å². The molecular formula is C33H22N8. The van der Waals surface area contributed by atoms with Crippen LogP contribution in [-0.2, 0) is 0 Å². The van der Waals surface area contributed by atoms with E-state index in [-0.39, 0.29) is 0 Å². The van der Waals surface area contributed by atoms with Crippen LogP contribution in [0.1, 0.15) is 18.6 Å². The third-order valence-corrected chi connectivity index (χ3v) is 7.19. The summed E-state index contributed by atoms with van der Waals surface area (Å²) >= 11 is 0. The summed E-state index contributed by atoms with van der Waals surface area (Å²) in [5.41, 5.74) is 5.41. The fourth-order valence-electron chi connectivity index (χ4n) is 5.28. The highest BCUT2D eigenvalue weighted by atomic mass is 15.1. The van der Waals surface area contributed by atoms with Gasteiger partial charge in [0.25, 0.3) is 0 Å². The van der Waals surface area contributed by atoms with E-state index in [4.69, 9.17) is 29.9 Å². The van der Waals surface area contributed by atoms with E-state index in [0.29, 0.717) is 45.9 Å². The number of allylic oxidation sites excluding steroid dienone is 5. The number of nitrogens with one attached hydrogen (secondary N) is 2. The molecule has 0 saturated carbocycles. The van der Waals surface area contributed by atoms with Crippen molar-refractivity contribution in [1.29, 1.82) is 0 Å². The van der Waals surface area contributed by atoms with Gasteiger partial charge in [0, 0.05) is 38.2 Å². The fraction of sp³-hybridized carbons (Fsp3) is 0.0303. The predicted octanol–water partition coefficient (Wildman–Crippen LogP) is 7.21. The van der Waals surface area contributed by atoms with E-state index in [1.165, 1.54) is 0 Å². The molecule has 0 spiro atoms. The van der Waals surface area contributed by atoms with E-state index in [1.807, 2.05) is 110 Å². The third kappa shape index (κ3) is 3.84. The van der Waals surface area contributed by atoms with Gasteiger partial charge in [0.2, 0.25) is 0 Å². The lowest BCUT2D eigenvalue weighted by Crippen LogP contribution is -1.86. The van der Waals surface area contributed by atoms with Crippen molar-refractivity contribution in [3.8, 4) is 22.8 Å². The number of aromatic amines is 2. The topological polar surface area (TPSA) is 109 Å². The van der Waals surface area contributed by atoms with Crippen molar-refractivity contribution >= 4 is 55.8 Å². The Bertz CT molecular complexity index is 2280. The Hall–Kier alpha value is -5.76. The Morgan fingerprint density at radius 1 is 0.512 bits per heavy atom. The smallest absolute Gasteiger partial charge is 0.164 e. The summed E-state index contributed by atoms with van der Waals surface area (Å²) in [6.07, 6.45) is 9.86. The summed E-state index contributed by atoms with van der Waals surface area (Å²) in [5.74, 6) is 2.30. The van der Waals surface area contributed by atoms with E-state index < -0.39 is 0 Å². The number of fused-ring (bicyclic) bond motifs is 17. The maximum absolute atomic E-state index is 5.01. The second-order valence-corrected chi connectivity index (χ2v) is 9.77. The molecule has 2 aliphatic rings. The molecule has 0 atom stereocenters. The molecule has 0 amide bonds. The summed E-state index contributed by atoms with van der Waals surface area (Å²) in [4.78, 5) is 36.5. The lowest BCUT2D eigenvalue weighted by molar-refractivity contribution is 1.12. The van der Waals surface area contributed by atoms with Crippen molar-refractivity contribution < 1.29 is 0 Å². The predicted molar refractivity (Wildman–Crippen MR) is 163 cm³/mol. The Labute approximate surface area is 234 Å². The van der Waals surface area contributed by atoms with Crippen LogP contribution in [0.4, 0.5) is 0 Å². The van der Waals surface area contributed by atoms with Crippen LogP contribution in [0.25, 0.3) is 78.6 Å². The monoisotopic (exact) mass is 530 g/mol. The summed E-state index contributed by atoms with van der Waals surface area (Å²) < 4.78 is 0. The van der Waals surface area contributed by atoms with E-state index in [0.717, 1.165) is 38.2 Å². The lowest BCUT2D eigenvalue weighted by atomic mass is 10.1. The minimum atomic E-state index is 0.550. The van der Waals surface area contributed by atoms with Gasteiger partial charge in [-0.15, -0.1) is 0 Å². The van der Waals surface area contributed by atoms with Crippen molar-refractivity contribution in [3.63, 3.8) is 0 Å². The molecule has 0 unspecified atom stereocenters. The third-order valence-electron chi connectivity index (χ3n) is 7.19. The quantitative estimate of drug-likeness (QED) is 0.229. The highest BCUT2D eigenvalue weighted by molar-refractivity contribution is 6.06. The highest BCUT2D eigenvalue weighted by Crippen LogP contribution is 2.34. The molecule has 41 heavy (non-hydrogen) atoms. The zero-order valence-electron chi connectivity index (χ0n) is 22.0. The highest BCUT2D eigenvalue weighted by Gasteiger charge is 2.20.